The maximum absolute atomic E-state index is 10.4. The minimum absolute atomic E-state index is 0.690. The molecular weight excluding hydrogens is 236 g/mol. The highest BCUT2D eigenvalue weighted by molar-refractivity contribution is 5.78. The van der Waals surface area contributed by atoms with Crippen molar-refractivity contribution in [2.75, 3.05) is 0 Å². The number of para-hydroxylation sites is 1. The summed E-state index contributed by atoms with van der Waals surface area (Å²) < 4.78 is 0. The molecule has 3 nitrogen and oxygen atoms in total. The molecule has 1 N–H and O–H groups in total. The van der Waals surface area contributed by atoms with E-state index in [9.17, 15) is 5.11 Å². The first-order chi connectivity index (χ1) is 9.24. The molecule has 0 aliphatic heterocycles. The van der Waals surface area contributed by atoms with Crippen LogP contribution in [0.4, 0.5) is 0 Å². The second-order valence-corrected chi connectivity index (χ2v) is 4.66. The third-order valence-electron chi connectivity index (χ3n) is 3.14. The summed E-state index contributed by atoms with van der Waals surface area (Å²) in [5, 5.41) is 11.4. The van der Waals surface area contributed by atoms with Gasteiger partial charge in [0.25, 0.3) is 0 Å². The summed E-state index contributed by atoms with van der Waals surface area (Å²) in [6.45, 7) is 1.96. The minimum atomic E-state index is -0.690. The van der Waals surface area contributed by atoms with Crippen molar-refractivity contribution in [2.45, 2.75) is 13.0 Å². The molecule has 94 valence electrons. The van der Waals surface area contributed by atoms with Gasteiger partial charge in [-0.25, -0.2) is 0 Å². The smallest absolute Gasteiger partial charge is 0.107 e. The van der Waals surface area contributed by atoms with Crippen LogP contribution in [0.15, 0.2) is 55.0 Å². The number of hydrogen-bond donors (Lipinski definition) is 1. The van der Waals surface area contributed by atoms with E-state index in [4.69, 9.17) is 0 Å². The fraction of sp³-hybridized carbons (Fsp3) is 0.125. The maximum Gasteiger partial charge on any atom is 0.107 e. The Morgan fingerprint density at radius 3 is 2.63 bits per heavy atom. The van der Waals surface area contributed by atoms with Gasteiger partial charge in [-0.1, -0.05) is 24.3 Å². The summed E-state index contributed by atoms with van der Waals surface area (Å²) in [5.74, 6) is 0. The Morgan fingerprint density at radius 1 is 1.00 bits per heavy atom. The van der Waals surface area contributed by atoms with E-state index in [-0.39, 0.29) is 0 Å². The molecule has 1 atom stereocenters. The van der Waals surface area contributed by atoms with Crippen LogP contribution in [0.3, 0.4) is 0 Å². The number of pyridine rings is 2. The summed E-state index contributed by atoms with van der Waals surface area (Å²) in [7, 11) is 0. The van der Waals surface area contributed by atoms with Crippen LogP contribution in [0.2, 0.25) is 0 Å². The van der Waals surface area contributed by atoms with Gasteiger partial charge in [-0.2, -0.15) is 0 Å². The molecule has 0 fully saturated rings. The molecule has 0 saturated carbocycles. The topological polar surface area (TPSA) is 46.0 Å². The number of benzene rings is 1. The third kappa shape index (κ3) is 2.33. The lowest BCUT2D eigenvalue weighted by molar-refractivity contribution is 0.219. The lowest BCUT2D eigenvalue weighted by Gasteiger charge is -2.12. The molecule has 0 spiro atoms. The standard InChI is InChI=1S/C16H14N2O/c1-11-6-13(9-17-8-11)16(19)14-7-12-4-2-3-5-15(12)18-10-14/h2-10,16,19H,1H3. The highest BCUT2D eigenvalue weighted by Crippen LogP contribution is 2.23. The fourth-order valence-corrected chi connectivity index (χ4v) is 2.16. The zero-order chi connectivity index (χ0) is 13.2. The first kappa shape index (κ1) is 11.8. The number of fused-ring (bicyclic) bond motifs is 1. The van der Waals surface area contributed by atoms with Gasteiger partial charge in [-0.3, -0.25) is 9.97 Å². The zero-order valence-electron chi connectivity index (χ0n) is 10.6. The molecule has 3 aromatic rings. The average molecular weight is 250 g/mol. The number of aliphatic hydroxyl groups excluding tert-OH is 1. The van der Waals surface area contributed by atoms with Gasteiger partial charge < -0.3 is 5.11 Å². The lowest BCUT2D eigenvalue weighted by Crippen LogP contribution is -2.01. The van der Waals surface area contributed by atoms with Crippen molar-refractivity contribution >= 4 is 10.9 Å². The highest BCUT2D eigenvalue weighted by atomic mass is 16.3. The number of hydrogen-bond acceptors (Lipinski definition) is 3. The molecule has 0 aliphatic rings. The molecule has 1 unspecified atom stereocenters. The van der Waals surface area contributed by atoms with Gasteiger partial charge in [-0.15, -0.1) is 0 Å². The van der Waals surface area contributed by atoms with Crippen LogP contribution < -0.4 is 0 Å². The van der Waals surface area contributed by atoms with Crippen molar-refractivity contribution in [3.8, 4) is 0 Å². The largest absolute Gasteiger partial charge is 0.384 e. The van der Waals surface area contributed by atoms with E-state index in [1.54, 1.807) is 18.6 Å². The van der Waals surface area contributed by atoms with E-state index >= 15 is 0 Å². The predicted octanol–water partition coefficient (Wildman–Crippen LogP) is 3.02. The van der Waals surface area contributed by atoms with E-state index in [0.29, 0.717) is 0 Å². The van der Waals surface area contributed by atoms with Crippen molar-refractivity contribution in [1.29, 1.82) is 0 Å². The molecule has 0 amide bonds. The summed E-state index contributed by atoms with van der Waals surface area (Å²) in [6, 6.07) is 11.8. The Balaban J connectivity index is 2.04. The zero-order valence-corrected chi connectivity index (χ0v) is 10.6. The molecular formula is C16H14N2O. The Labute approximate surface area is 111 Å². The number of rotatable bonds is 2. The number of aromatic nitrogens is 2. The Morgan fingerprint density at radius 2 is 1.79 bits per heavy atom. The molecule has 2 heterocycles. The van der Waals surface area contributed by atoms with E-state index in [2.05, 4.69) is 9.97 Å². The van der Waals surface area contributed by atoms with E-state index in [0.717, 1.165) is 27.6 Å². The average Bonchev–Trinajstić information content (AvgIpc) is 2.46. The normalized spacial score (nSPS) is 12.5. The van der Waals surface area contributed by atoms with Crippen molar-refractivity contribution in [1.82, 2.24) is 9.97 Å². The quantitative estimate of drug-likeness (QED) is 0.760. The Hall–Kier alpha value is -2.26. The SMILES string of the molecule is Cc1cncc(C(O)c2cnc3ccccc3c2)c1. The molecule has 3 heteroatoms. The van der Waals surface area contributed by atoms with Gasteiger partial charge >= 0.3 is 0 Å². The number of nitrogens with zero attached hydrogens (tertiary/aromatic N) is 2. The molecule has 0 bridgehead atoms. The molecule has 3 rings (SSSR count). The molecule has 0 radical (unpaired) electrons. The number of aryl methyl sites for hydroxylation is 1. The summed E-state index contributed by atoms with van der Waals surface area (Å²) in [5.41, 5.74) is 3.54. The Kier molecular flexibility index (Phi) is 2.97. The highest BCUT2D eigenvalue weighted by Gasteiger charge is 2.12. The van der Waals surface area contributed by atoms with Crippen LogP contribution in [0.5, 0.6) is 0 Å². The molecule has 1 aromatic carbocycles. The van der Waals surface area contributed by atoms with Gasteiger partial charge in [-0.05, 0) is 24.6 Å². The van der Waals surface area contributed by atoms with Gasteiger partial charge in [0.1, 0.15) is 6.10 Å². The second kappa shape index (κ2) is 4.78. The lowest BCUT2D eigenvalue weighted by atomic mass is 10.0. The first-order valence-electron chi connectivity index (χ1n) is 6.18. The van der Waals surface area contributed by atoms with Gasteiger partial charge in [0.2, 0.25) is 0 Å². The van der Waals surface area contributed by atoms with Crippen LogP contribution in [-0.4, -0.2) is 15.1 Å². The van der Waals surface area contributed by atoms with Crippen molar-refractivity contribution in [3.63, 3.8) is 0 Å². The van der Waals surface area contributed by atoms with Crippen molar-refractivity contribution in [3.05, 3.63) is 71.7 Å². The summed E-state index contributed by atoms with van der Waals surface area (Å²) in [4.78, 5) is 8.48. The van der Waals surface area contributed by atoms with E-state index in [1.165, 1.54) is 0 Å². The van der Waals surface area contributed by atoms with Gasteiger partial charge in [0, 0.05) is 35.1 Å². The number of aliphatic hydroxyl groups is 1. The molecule has 19 heavy (non-hydrogen) atoms. The second-order valence-electron chi connectivity index (χ2n) is 4.66. The molecule has 0 aliphatic carbocycles. The van der Waals surface area contributed by atoms with Crippen LogP contribution in [0.25, 0.3) is 10.9 Å². The van der Waals surface area contributed by atoms with Crippen LogP contribution >= 0.6 is 0 Å². The first-order valence-corrected chi connectivity index (χ1v) is 6.18. The van der Waals surface area contributed by atoms with E-state index in [1.807, 2.05) is 43.3 Å². The van der Waals surface area contributed by atoms with Gasteiger partial charge in [0.05, 0.1) is 5.52 Å². The van der Waals surface area contributed by atoms with Crippen LogP contribution in [-0.2, 0) is 0 Å². The fourth-order valence-electron chi connectivity index (χ4n) is 2.16. The minimum Gasteiger partial charge on any atom is -0.384 e. The van der Waals surface area contributed by atoms with E-state index < -0.39 is 6.10 Å². The van der Waals surface area contributed by atoms with Crippen LogP contribution in [0.1, 0.15) is 22.8 Å². The summed E-state index contributed by atoms with van der Waals surface area (Å²) >= 11 is 0. The molecule has 2 aromatic heterocycles. The monoisotopic (exact) mass is 250 g/mol. The van der Waals surface area contributed by atoms with Crippen molar-refractivity contribution in [2.24, 2.45) is 0 Å². The van der Waals surface area contributed by atoms with Gasteiger partial charge in [0.15, 0.2) is 0 Å². The summed E-state index contributed by atoms with van der Waals surface area (Å²) in [6.07, 6.45) is 4.49. The van der Waals surface area contributed by atoms with Crippen molar-refractivity contribution < 1.29 is 5.11 Å². The third-order valence-corrected chi connectivity index (χ3v) is 3.14. The molecule has 0 saturated heterocycles. The Bertz CT molecular complexity index is 725. The maximum atomic E-state index is 10.4. The van der Waals surface area contributed by atoms with Crippen LogP contribution in [0, 0.1) is 6.92 Å². The predicted molar refractivity (Wildman–Crippen MR) is 74.8 cm³/mol.